The van der Waals surface area contributed by atoms with E-state index in [1.165, 1.54) is 0 Å². The second-order valence-electron chi connectivity index (χ2n) is 6.09. The van der Waals surface area contributed by atoms with E-state index < -0.39 is 0 Å². The fraction of sp³-hybridized carbons (Fsp3) is 0.182. The molecule has 4 rings (SSSR count). The van der Waals surface area contributed by atoms with Crippen LogP contribution >= 0.6 is 0 Å². The number of nitrogens with zero attached hydrogens (tertiary/aromatic N) is 3. The SMILES string of the molecule is CCN(CC)c1ncnc2oc(-c3ccccc3)c(-c3ccccc3)c12. The first kappa shape index (κ1) is 16.3. The number of furan rings is 1. The molecule has 0 unspecified atom stereocenters. The second-order valence-corrected chi connectivity index (χ2v) is 6.09. The Bertz CT molecular complexity index is 1010. The van der Waals surface area contributed by atoms with Gasteiger partial charge in [-0.3, -0.25) is 0 Å². The summed E-state index contributed by atoms with van der Waals surface area (Å²) in [6.07, 6.45) is 1.59. The molecule has 0 aliphatic heterocycles. The lowest BCUT2D eigenvalue weighted by atomic mass is 9.99. The highest BCUT2D eigenvalue weighted by Gasteiger charge is 2.23. The van der Waals surface area contributed by atoms with E-state index in [9.17, 15) is 0 Å². The Morgan fingerprint density at radius 1 is 0.808 bits per heavy atom. The van der Waals surface area contributed by atoms with Crippen LogP contribution in [-0.2, 0) is 0 Å². The maximum absolute atomic E-state index is 6.24. The van der Waals surface area contributed by atoms with Crippen molar-refractivity contribution >= 4 is 16.9 Å². The summed E-state index contributed by atoms with van der Waals surface area (Å²) in [5.74, 6) is 1.76. The van der Waals surface area contributed by atoms with Crippen LogP contribution in [0.2, 0.25) is 0 Å². The van der Waals surface area contributed by atoms with Crippen molar-refractivity contribution in [1.82, 2.24) is 9.97 Å². The van der Waals surface area contributed by atoms with E-state index in [4.69, 9.17) is 4.42 Å². The molecule has 0 bridgehead atoms. The molecule has 2 heterocycles. The summed E-state index contributed by atoms with van der Waals surface area (Å²) in [5.41, 5.74) is 3.82. The first-order valence-corrected chi connectivity index (χ1v) is 8.96. The average molecular weight is 343 g/mol. The number of aromatic nitrogens is 2. The fourth-order valence-corrected chi connectivity index (χ4v) is 3.35. The summed E-state index contributed by atoms with van der Waals surface area (Å²) >= 11 is 0. The summed E-state index contributed by atoms with van der Waals surface area (Å²) in [5, 5.41) is 0.973. The standard InChI is InChI=1S/C22H21N3O/c1-3-25(4-2)21-19-18(16-11-7-5-8-12-16)20(17-13-9-6-10-14-17)26-22(19)24-15-23-21/h5-15H,3-4H2,1-2H3. The molecule has 130 valence electrons. The van der Waals surface area contributed by atoms with Crippen molar-refractivity contribution in [3.63, 3.8) is 0 Å². The summed E-state index contributed by atoms with van der Waals surface area (Å²) < 4.78 is 6.24. The minimum absolute atomic E-state index is 0.625. The third kappa shape index (κ3) is 2.73. The molecular weight excluding hydrogens is 322 g/mol. The van der Waals surface area contributed by atoms with Crippen molar-refractivity contribution < 1.29 is 4.42 Å². The van der Waals surface area contributed by atoms with Crippen LogP contribution in [0.5, 0.6) is 0 Å². The quantitative estimate of drug-likeness (QED) is 0.486. The van der Waals surface area contributed by atoms with E-state index in [0.717, 1.165) is 46.7 Å². The molecule has 0 saturated heterocycles. The Labute approximate surface area is 153 Å². The van der Waals surface area contributed by atoms with Gasteiger partial charge in [-0.25, -0.2) is 9.97 Å². The van der Waals surface area contributed by atoms with Crippen LogP contribution in [0.25, 0.3) is 33.6 Å². The van der Waals surface area contributed by atoms with E-state index in [2.05, 4.69) is 53.0 Å². The fourth-order valence-electron chi connectivity index (χ4n) is 3.35. The highest BCUT2D eigenvalue weighted by molar-refractivity contribution is 6.06. The number of hydrogen-bond acceptors (Lipinski definition) is 4. The smallest absolute Gasteiger partial charge is 0.232 e. The highest BCUT2D eigenvalue weighted by Crippen LogP contribution is 2.43. The molecule has 2 aromatic carbocycles. The van der Waals surface area contributed by atoms with Crippen molar-refractivity contribution in [2.75, 3.05) is 18.0 Å². The van der Waals surface area contributed by atoms with E-state index in [0.29, 0.717) is 5.71 Å². The third-order valence-electron chi connectivity index (χ3n) is 4.63. The van der Waals surface area contributed by atoms with E-state index in [1.54, 1.807) is 6.33 Å². The zero-order valence-electron chi connectivity index (χ0n) is 15.0. The van der Waals surface area contributed by atoms with Gasteiger partial charge in [0.15, 0.2) is 0 Å². The normalized spacial score (nSPS) is 11.0. The van der Waals surface area contributed by atoms with Crippen LogP contribution in [0.1, 0.15) is 13.8 Å². The van der Waals surface area contributed by atoms with Crippen LogP contribution in [0, 0.1) is 0 Å². The zero-order valence-corrected chi connectivity index (χ0v) is 15.0. The molecule has 0 aliphatic rings. The number of rotatable bonds is 5. The Kier molecular flexibility index (Phi) is 4.40. The third-order valence-corrected chi connectivity index (χ3v) is 4.63. The molecule has 0 spiro atoms. The maximum Gasteiger partial charge on any atom is 0.232 e. The molecule has 26 heavy (non-hydrogen) atoms. The van der Waals surface area contributed by atoms with Crippen LogP contribution in [0.15, 0.2) is 71.4 Å². The zero-order chi connectivity index (χ0) is 17.9. The average Bonchev–Trinajstić information content (AvgIpc) is 3.10. The first-order chi connectivity index (χ1) is 12.8. The van der Waals surface area contributed by atoms with E-state index >= 15 is 0 Å². The lowest BCUT2D eigenvalue weighted by Gasteiger charge is -2.20. The van der Waals surface area contributed by atoms with Crippen LogP contribution in [-0.4, -0.2) is 23.1 Å². The van der Waals surface area contributed by atoms with Crippen molar-refractivity contribution in [3.05, 3.63) is 67.0 Å². The lowest BCUT2D eigenvalue weighted by molar-refractivity contribution is 0.618. The van der Waals surface area contributed by atoms with E-state index in [1.807, 2.05) is 36.4 Å². The Morgan fingerprint density at radius 2 is 1.42 bits per heavy atom. The lowest BCUT2D eigenvalue weighted by Crippen LogP contribution is -2.23. The number of anilines is 1. The highest BCUT2D eigenvalue weighted by atomic mass is 16.3. The number of hydrogen-bond donors (Lipinski definition) is 0. The van der Waals surface area contributed by atoms with Gasteiger partial charge in [0.1, 0.15) is 17.9 Å². The van der Waals surface area contributed by atoms with Gasteiger partial charge in [0.05, 0.1) is 5.39 Å². The molecule has 0 saturated carbocycles. The Morgan fingerprint density at radius 3 is 2.04 bits per heavy atom. The molecule has 0 aliphatic carbocycles. The van der Waals surface area contributed by atoms with Crippen LogP contribution < -0.4 is 4.90 Å². The summed E-state index contributed by atoms with van der Waals surface area (Å²) in [6, 6.07) is 20.5. The summed E-state index contributed by atoms with van der Waals surface area (Å²) in [4.78, 5) is 11.3. The van der Waals surface area contributed by atoms with Gasteiger partial charge in [-0.1, -0.05) is 60.7 Å². The second kappa shape index (κ2) is 7.00. The number of fused-ring (bicyclic) bond motifs is 1. The van der Waals surface area contributed by atoms with Crippen molar-refractivity contribution in [2.24, 2.45) is 0 Å². The van der Waals surface area contributed by atoms with Crippen molar-refractivity contribution in [3.8, 4) is 22.5 Å². The topological polar surface area (TPSA) is 42.2 Å². The molecule has 0 atom stereocenters. The van der Waals surface area contributed by atoms with Gasteiger partial charge >= 0.3 is 0 Å². The molecule has 2 aromatic heterocycles. The maximum atomic E-state index is 6.24. The van der Waals surface area contributed by atoms with Gasteiger partial charge in [-0.05, 0) is 19.4 Å². The number of benzene rings is 2. The molecule has 4 aromatic rings. The Hall–Kier alpha value is -3.14. The van der Waals surface area contributed by atoms with Gasteiger partial charge in [-0.15, -0.1) is 0 Å². The van der Waals surface area contributed by atoms with Gasteiger partial charge < -0.3 is 9.32 Å². The summed E-state index contributed by atoms with van der Waals surface area (Å²) in [6.45, 7) is 6.03. The molecule has 0 radical (unpaired) electrons. The monoisotopic (exact) mass is 343 g/mol. The summed E-state index contributed by atoms with van der Waals surface area (Å²) in [7, 11) is 0. The molecule has 0 N–H and O–H groups in total. The molecule has 0 amide bonds. The molecule has 4 heteroatoms. The van der Waals surface area contributed by atoms with Crippen molar-refractivity contribution in [2.45, 2.75) is 13.8 Å². The first-order valence-electron chi connectivity index (χ1n) is 8.96. The van der Waals surface area contributed by atoms with Crippen molar-refractivity contribution in [1.29, 1.82) is 0 Å². The molecule has 0 fully saturated rings. The van der Waals surface area contributed by atoms with Gasteiger partial charge in [-0.2, -0.15) is 0 Å². The molecular formula is C22H21N3O. The van der Waals surface area contributed by atoms with Gasteiger partial charge in [0.2, 0.25) is 5.71 Å². The Balaban J connectivity index is 2.08. The predicted molar refractivity (Wildman–Crippen MR) is 106 cm³/mol. The van der Waals surface area contributed by atoms with E-state index in [-0.39, 0.29) is 0 Å². The van der Waals surface area contributed by atoms with Gasteiger partial charge in [0.25, 0.3) is 0 Å². The van der Waals surface area contributed by atoms with Gasteiger partial charge in [0, 0.05) is 24.2 Å². The predicted octanol–water partition coefficient (Wildman–Crippen LogP) is 5.40. The molecule has 4 nitrogen and oxygen atoms in total. The minimum Gasteiger partial charge on any atom is -0.437 e. The van der Waals surface area contributed by atoms with Crippen LogP contribution in [0.3, 0.4) is 0 Å². The minimum atomic E-state index is 0.625. The largest absolute Gasteiger partial charge is 0.437 e. The van der Waals surface area contributed by atoms with Crippen LogP contribution in [0.4, 0.5) is 5.82 Å².